The SMILES string of the molecule is COc1ccc(C(=O)N2CC(C(=O)NCCC(C)C)C(c3ccc(OC)cc3)C2)cc1. The van der Waals surface area contributed by atoms with E-state index in [9.17, 15) is 9.59 Å². The van der Waals surface area contributed by atoms with Crippen LogP contribution in [0.2, 0.25) is 0 Å². The summed E-state index contributed by atoms with van der Waals surface area (Å²) in [6.07, 6.45) is 0.931. The molecule has 166 valence electrons. The molecule has 1 N–H and O–H groups in total. The second-order valence-corrected chi connectivity index (χ2v) is 8.40. The summed E-state index contributed by atoms with van der Waals surface area (Å²) < 4.78 is 10.4. The topological polar surface area (TPSA) is 67.9 Å². The average Bonchev–Trinajstić information content (AvgIpc) is 3.24. The minimum absolute atomic E-state index is 0.00602. The maximum Gasteiger partial charge on any atom is 0.253 e. The molecule has 2 amide bonds. The Kier molecular flexibility index (Phi) is 7.55. The molecule has 1 aliphatic heterocycles. The minimum Gasteiger partial charge on any atom is -0.497 e. The number of methoxy groups -OCH3 is 2. The van der Waals surface area contributed by atoms with Crippen LogP contribution in [0.25, 0.3) is 0 Å². The molecule has 2 aromatic carbocycles. The van der Waals surface area contributed by atoms with E-state index in [1.807, 2.05) is 24.3 Å². The maximum atomic E-state index is 13.1. The highest BCUT2D eigenvalue weighted by atomic mass is 16.5. The van der Waals surface area contributed by atoms with Crippen LogP contribution in [-0.2, 0) is 4.79 Å². The van der Waals surface area contributed by atoms with E-state index in [2.05, 4.69) is 19.2 Å². The number of rotatable bonds is 8. The fraction of sp³-hybridized carbons (Fsp3) is 0.440. The Labute approximate surface area is 184 Å². The van der Waals surface area contributed by atoms with Crippen molar-refractivity contribution >= 4 is 11.8 Å². The van der Waals surface area contributed by atoms with Crippen molar-refractivity contribution in [3.63, 3.8) is 0 Å². The summed E-state index contributed by atoms with van der Waals surface area (Å²) in [4.78, 5) is 27.9. The highest BCUT2D eigenvalue weighted by Gasteiger charge is 2.40. The zero-order chi connectivity index (χ0) is 22.4. The van der Waals surface area contributed by atoms with Gasteiger partial charge in [-0.05, 0) is 54.3 Å². The lowest BCUT2D eigenvalue weighted by atomic mass is 9.88. The molecule has 2 aromatic rings. The molecule has 0 bridgehead atoms. The molecule has 2 unspecified atom stereocenters. The zero-order valence-corrected chi connectivity index (χ0v) is 18.8. The molecule has 1 fully saturated rings. The summed E-state index contributed by atoms with van der Waals surface area (Å²) >= 11 is 0. The predicted octanol–water partition coefficient (Wildman–Crippen LogP) is 3.72. The number of benzene rings is 2. The van der Waals surface area contributed by atoms with Gasteiger partial charge in [0.25, 0.3) is 5.91 Å². The molecule has 31 heavy (non-hydrogen) atoms. The van der Waals surface area contributed by atoms with Crippen LogP contribution in [0.15, 0.2) is 48.5 Å². The molecule has 1 heterocycles. The number of amides is 2. The maximum absolute atomic E-state index is 13.1. The fourth-order valence-corrected chi connectivity index (χ4v) is 3.96. The number of nitrogens with one attached hydrogen (secondary N) is 1. The van der Waals surface area contributed by atoms with E-state index in [1.165, 1.54) is 0 Å². The van der Waals surface area contributed by atoms with Gasteiger partial charge in [-0.15, -0.1) is 0 Å². The van der Waals surface area contributed by atoms with Gasteiger partial charge >= 0.3 is 0 Å². The minimum atomic E-state index is -0.289. The summed E-state index contributed by atoms with van der Waals surface area (Å²) in [5.41, 5.74) is 1.63. The number of nitrogens with zero attached hydrogens (tertiary/aromatic N) is 1. The van der Waals surface area contributed by atoms with Crippen molar-refractivity contribution in [3.8, 4) is 11.5 Å². The van der Waals surface area contributed by atoms with E-state index < -0.39 is 0 Å². The Morgan fingerprint density at radius 3 is 2.10 bits per heavy atom. The third-order valence-corrected chi connectivity index (χ3v) is 5.85. The van der Waals surface area contributed by atoms with Gasteiger partial charge in [0.1, 0.15) is 11.5 Å². The van der Waals surface area contributed by atoms with Gasteiger partial charge in [0.2, 0.25) is 5.91 Å². The summed E-state index contributed by atoms with van der Waals surface area (Å²) in [5.74, 6) is 1.58. The highest BCUT2D eigenvalue weighted by Crippen LogP contribution is 2.34. The van der Waals surface area contributed by atoms with E-state index >= 15 is 0 Å². The lowest BCUT2D eigenvalue weighted by Gasteiger charge is -2.18. The molecule has 0 aromatic heterocycles. The fourth-order valence-electron chi connectivity index (χ4n) is 3.96. The van der Waals surface area contributed by atoms with Crippen LogP contribution in [0.5, 0.6) is 11.5 Å². The third kappa shape index (κ3) is 5.57. The molecule has 3 rings (SSSR count). The van der Waals surface area contributed by atoms with Crippen LogP contribution in [-0.4, -0.2) is 50.6 Å². The number of ether oxygens (including phenoxy) is 2. The lowest BCUT2D eigenvalue weighted by molar-refractivity contribution is -0.124. The molecule has 0 spiro atoms. The predicted molar refractivity (Wildman–Crippen MR) is 121 cm³/mol. The second-order valence-electron chi connectivity index (χ2n) is 8.40. The highest BCUT2D eigenvalue weighted by molar-refractivity contribution is 5.95. The van der Waals surface area contributed by atoms with Gasteiger partial charge in [-0.2, -0.15) is 0 Å². The second kappa shape index (κ2) is 10.3. The van der Waals surface area contributed by atoms with Gasteiger partial charge in [0, 0.05) is 31.1 Å². The van der Waals surface area contributed by atoms with Gasteiger partial charge in [0.05, 0.1) is 20.1 Å². The van der Waals surface area contributed by atoms with Crippen molar-refractivity contribution in [1.82, 2.24) is 10.2 Å². The largest absolute Gasteiger partial charge is 0.497 e. The average molecular weight is 425 g/mol. The van der Waals surface area contributed by atoms with Gasteiger partial charge < -0.3 is 19.7 Å². The number of hydrogen-bond donors (Lipinski definition) is 1. The quantitative estimate of drug-likeness (QED) is 0.701. The van der Waals surface area contributed by atoms with Crippen molar-refractivity contribution < 1.29 is 19.1 Å². The number of carbonyl (C=O) groups excluding carboxylic acids is 2. The summed E-state index contributed by atoms with van der Waals surface area (Å²) in [6.45, 7) is 5.82. The Bertz CT molecular complexity index is 877. The van der Waals surface area contributed by atoms with Crippen LogP contribution < -0.4 is 14.8 Å². The third-order valence-electron chi connectivity index (χ3n) is 5.85. The molecule has 0 saturated carbocycles. The normalized spacial score (nSPS) is 18.2. The smallest absolute Gasteiger partial charge is 0.253 e. The van der Waals surface area contributed by atoms with Crippen molar-refractivity contribution in [3.05, 3.63) is 59.7 Å². The van der Waals surface area contributed by atoms with Crippen LogP contribution in [0.1, 0.15) is 42.1 Å². The lowest BCUT2D eigenvalue weighted by Crippen LogP contribution is -2.36. The Hall–Kier alpha value is -3.02. The first-order chi connectivity index (χ1) is 14.9. The van der Waals surface area contributed by atoms with Gasteiger partial charge in [-0.1, -0.05) is 26.0 Å². The van der Waals surface area contributed by atoms with E-state index in [-0.39, 0.29) is 23.7 Å². The molecule has 1 saturated heterocycles. The molecule has 0 radical (unpaired) electrons. The van der Waals surface area contributed by atoms with E-state index in [1.54, 1.807) is 43.4 Å². The van der Waals surface area contributed by atoms with Crippen molar-refractivity contribution in [2.24, 2.45) is 11.8 Å². The first-order valence-corrected chi connectivity index (χ1v) is 10.8. The molecule has 2 atom stereocenters. The summed E-state index contributed by atoms with van der Waals surface area (Å²) in [5, 5.41) is 3.07. The molecule has 0 aliphatic carbocycles. The van der Waals surface area contributed by atoms with Crippen LogP contribution in [0.3, 0.4) is 0 Å². The van der Waals surface area contributed by atoms with Gasteiger partial charge in [-0.25, -0.2) is 0 Å². The van der Waals surface area contributed by atoms with Gasteiger partial charge in [-0.3, -0.25) is 9.59 Å². The van der Waals surface area contributed by atoms with Crippen LogP contribution in [0.4, 0.5) is 0 Å². The van der Waals surface area contributed by atoms with E-state index in [0.29, 0.717) is 36.9 Å². The van der Waals surface area contributed by atoms with Crippen molar-refractivity contribution in [2.75, 3.05) is 33.9 Å². The monoisotopic (exact) mass is 424 g/mol. The zero-order valence-electron chi connectivity index (χ0n) is 18.8. The van der Waals surface area contributed by atoms with Crippen molar-refractivity contribution in [1.29, 1.82) is 0 Å². The number of carbonyl (C=O) groups is 2. The molecular weight excluding hydrogens is 392 g/mol. The first kappa shape index (κ1) is 22.7. The van der Waals surface area contributed by atoms with Crippen LogP contribution >= 0.6 is 0 Å². The Morgan fingerprint density at radius 1 is 0.968 bits per heavy atom. The summed E-state index contributed by atoms with van der Waals surface area (Å²) in [6, 6.07) is 14.9. The number of hydrogen-bond acceptors (Lipinski definition) is 4. The number of likely N-dealkylation sites (tertiary alicyclic amines) is 1. The Balaban J connectivity index is 1.79. The van der Waals surface area contributed by atoms with Crippen molar-refractivity contribution in [2.45, 2.75) is 26.2 Å². The first-order valence-electron chi connectivity index (χ1n) is 10.8. The standard InChI is InChI=1S/C25H32N2O4/c1-17(2)13-14-26-24(28)23-16-27(25(29)19-7-11-21(31-4)12-8-19)15-22(23)18-5-9-20(30-3)10-6-18/h5-12,17,22-23H,13-16H2,1-4H3,(H,26,28). The molecule has 6 nitrogen and oxygen atoms in total. The Morgan fingerprint density at radius 2 is 1.55 bits per heavy atom. The van der Waals surface area contributed by atoms with Gasteiger partial charge in [0.15, 0.2) is 0 Å². The summed E-state index contributed by atoms with van der Waals surface area (Å²) in [7, 11) is 3.23. The molecule has 1 aliphatic rings. The van der Waals surface area contributed by atoms with E-state index in [4.69, 9.17) is 9.47 Å². The van der Waals surface area contributed by atoms with Crippen LogP contribution in [0, 0.1) is 11.8 Å². The van der Waals surface area contributed by atoms with E-state index in [0.717, 1.165) is 17.7 Å². The molecular formula is C25H32N2O4. The molecule has 6 heteroatoms.